The lowest BCUT2D eigenvalue weighted by molar-refractivity contribution is -0.137. The number of rotatable bonds is 6. The molecule has 0 bridgehead atoms. The van der Waals surface area contributed by atoms with Crippen LogP contribution >= 0.6 is 0 Å². The van der Waals surface area contributed by atoms with Crippen LogP contribution in [0.15, 0.2) is 0 Å². The number of carboxylic acid groups (broad SMARTS) is 1. The van der Waals surface area contributed by atoms with E-state index in [0.717, 1.165) is 12.8 Å². The van der Waals surface area contributed by atoms with E-state index in [2.05, 4.69) is 11.2 Å². The molecule has 0 fully saturated rings. The number of aliphatic carboxylic acids is 1. The third-order valence-electron chi connectivity index (χ3n) is 2.07. The number of amides is 1. The van der Waals surface area contributed by atoms with Crippen molar-refractivity contribution in [3.63, 3.8) is 0 Å². The molecule has 0 rings (SSSR count). The lowest BCUT2D eigenvalue weighted by atomic mass is 10.0. The van der Waals surface area contributed by atoms with Gasteiger partial charge in [-0.05, 0) is 6.42 Å². The minimum atomic E-state index is -1.01. The first-order valence-corrected chi connectivity index (χ1v) is 4.99. The van der Waals surface area contributed by atoms with Crippen molar-refractivity contribution in [2.75, 3.05) is 0 Å². The first kappa shape index (κ1) is 13.5. The summed E-state index contributed by atoms with van der Waals surface area (Å²) in [4.78, 5) is 21.9. The maximum atomic E-state index is 11.5. The molecule has 0 saturated heterocycles. The number of nitrogens with one attached hydrogen (secondary N) is 1. The highest BCUT2D eigenvalue weighted by atomic mass is 16.4. The van der Waals surface area contributed by atoms with Gasteiger partial charge in [0, 0.05) is 5.92 Å². The van der Waals surface area contributed by atoms with Crippen molar-refractivity contribution < 1.29 is 14.7 Å². The van der Waals surface area contributed by atoms with Crippen molar-refractivity contribution in [2.24, 2.45) is 5.92 Å². The second kappa shape index (κ2) is 6.88. The summed E-state index contributed by atoms with van der Waals surface area (Å²) in [5.41, 5.74) is 0. The molecule has 0 spiro atoms. The molecular weight excluding hydrogens is 194 g/mol. The highest BCUT2D eigenvalue weighted by Gasteiger charge is 2.17. The Morgan fingerprint density at radius 3 is 2.53 bits per heavy atom. The summed E-state index contributed by atoms with van der Waals surface area (Å²) in [6.07, 6.45) is 6.57. The van der Waals surface area contributed by atoms with Gasteiger partial charge in [-0.15, -0.1) is 6.42 Å². The first-order valence-electron chi connectivity index (χ1n) is 4.99. The van der Waals surface area contributed by atoms with Gasteiger partial charge in [-0.1, -0.05) is 26.2 Å². The Morgan fingerprint density at radius 2 is 2.13 bits per heavy atom. The van der Waals surface area contributed by atoms with Crippen molar-refractivity contribution in [3.8, 4) is 12.3 Å². The molecule has 0 heterocycles. The van der Waals surface area contributed by atoms with E-state index in [1.807, 2.05) is 6.92 Å². The van der Waals surface area contributed by atoms with E-state index in [1.165, 1.54) is 0 Å². The van der Waals surface area contributed by atoms with E-state index in [1.54, 1.807) is 6.92 Å². The molecule has 0 aromatic carbocycles. The Morgan fingerprint density at radius 1 is 1.53 bits per heavy atom. The number of carbonyl (C=O) groups excluding carboxylic acids is 1. The second-order valence-electron chi connectivity index (χ2n) is 3.52. The average Bonchev–Trinajstić information content (AvgIpc) is 2.16. The molecule has 1 amide bonds. The molecule has 4 nitrogen and oxygen atoms in total. The van der Waals surface area contributed by atoms with Gasteiger partial charge >= 0.3 is 5.97 Å². The highest BCUT2D eigenvalue weighted by molar-refractivity contribution is 5.80. The van der Waals surface area contributed by atoms with Gasteiger partial charge in [-0.3, -0.25) is 9.59 Å². The average molecular weight is 211 g/mol. The van der Waals surface area contributed by atoms with E-state index in [9.17, 15) is 9.59 Å². The lowest BCUT2D eigenvalue weighted by Crippen LogP contribution is -2.38. The maximum absolute atomic E-state index is 11.5. The number of carbonyl (C=O) groups is 2. The normalized spacial score (nSPS) is 13.7. The van der Waals surface area contributed by atoms with Gasteiger partial charge in [0.25, 0.3) is 0 Å². The third kappa shape index (κ3) is 5.74. The molecule has 0 aromatic heterocycles. The van der Waals surface area contributed by atoms with Crippen LogP contribution in [-0.2, 0) is 9.59 Å². The van der Waals surface area contributed by atoms with Crippen LogP contribution in [0.1, 0.15) is 33.1 Å². The summed E-state index contributed by atoms with van der Waals surface area (Å²) in [6.45, 7) is 3.78. The largest absolute Gasteiger partial charge is 0.481 e. The zero-order chi connectivity index (χ0) is 11.8. The number of hydrogen-bond acceptors (Lipinski definition) is 2. The minimum Gasteiger partial charge on any atom is -0.481 e. The molecule has 0 radical (unpaired) electrons. The van der Waals surface area contributed by atoms with E-state index in [-0.39, 0.29) is 18.2 Å². The molecule has 0 aliphatic carbocycles. The van der Waals surface area contributed by atoms with Crippen LogP contribution in [0.5, 0.6) is 0 Å². The Kier molecular flexibility index (Phi) is 6.19. The van der Waals surface area contributed by atoms with Gasteiger partial charge in [0.15, 0.2) is 0 Å². The summed E-state index contributed by atoms with van der Waals surface area (Å²) < 4.78 is 0. The van der Waals surface area contributed by atoms with E-state index in [4.69, 9.17) is 11.5 Å². The van der Waals surface area contributed by atoms with Crippen molar-refractivity contribution in [1.29, 1.82) is 0 Å². The molecule has 2 atom stereocenters. The lowest BCUT2D eigenvalue weighted by Gasteiger charge is -2.14. The van der Waals surface area contributed by atoms with Crippen molar-refractivity contribution in [3.05, 3.63) is 0 Å². The van der Waals surface area contributed by atoms with Gasteiger partial charge in [0.2, 0.25) is 5.91 Å². The monoisotopic (exact) mass is 211 g/mol. The third-order valence-corrected chi connectivity index (χ3v) is 2.07. The first-order chi connectivity index (χ1) is 7.01. The van der Waals surface area contributed by atoms with Gasteiger partial charge < -0.3 is 10.4 Å². The molecule has 1 unspecified atom stereocenters. The van der Waals surface area contributed by atoms with Gasteiger partial charge in [0.1, 0.15) is 6.04 Å². The summed E-state index contributed by atoms with van der Waals surface area (Å²) in [6, 6.07) is -0.714. The molecule has 84 valence electrons. The van der Waals surface area contributed by atoms with Crippen LogP contribution in [0.4, 0.5) is 0 Å². The fourth-order valence-corrected chi connectivity index (χ4v) is 1.20. The quantitative estimate of drug-likeness (QED) is 0.644. The molecule has 0 aromatic rings. The van der Waals surface area contributed by atoms with Crippen LogP contribution in [0.25, 0.3) is 0 Å². The number of terminal acetylenes is 1. The summed E-state index contributed by atoms with van der Waals surface area (Å²) >= 11 is 0. The maximum Gasteiger partial charge on any atom is 0.306 e. The van der Waals surface area contributed by atoms with E-state index >= 15 is 0 Å². The predicted molar refractivity (Wildman–Crippen MR) is 57.1 cm³/mol. The van der Waals surface area contributed by atoms with Gasteiger partial charge in [-0.25, -0.2) is 0 Å². The zero-order valence-corrected chi connectivity index (χ0v) is 9.12. The van der Waals surface area contributed by atoms with Crippen molar-refractivity contribution in [1.82, 2.24) is 5.32 Å². The number of hydrogen-bond donors (Lipinski definition) is 2. The van der Waals surface area contributed by atoms with Crippen LogP contribution in [-0.4, -0.2) is 23.0 Å². The molecule has 2 N–H and O–H groups in total. The molecular formula is C11H17NO3. The van der Waals surface area contributed by atoms with Gasteiger partial charge in [0.05, 0.1) is 6.42 Å². The highest BCUT2D eigenvalue weighted by Crippen LogP contribution is 2.05. The van der Waals surface area contributed by atoms with E-state index in [0.29, 0.717) is 0 Å². The summed E-state index contributed by atoms with van der Waals surface area (Å²) in [5, 5.41) is 11.0. The summed E-state index contributed by atoms with van der Waals surface area (Å²) in [7, 11) is 0. The molecule has 0 saturated carbocycles. The fourth-order valence-electron chi connectivity index (χ4n) is 1.20. The molecule has 0 aliphatic heterocycles. The minimum absolute atomic E-state index is 0.125. The predicted octanol–water partition coefficient (Wildman–Crippen LogP) is 1.02. The standard InChI is InChI=1S/C11H17NO3/c1-4-6-8(3)11(15)12-9(5-2)7-10(13)14/h2,8-9H,4,6-7H2,1,3H3,(H,12,15)(H,13,14)/t8?,9-/m0/s1. The van der Waals surface area contributed by atoms with Crippen molar-refractivity contribution in [2.45, 2.75) is 39.2 Å². The van der Waals surface area contributed by atoms with Crippen LogP contribution in [0.2, 0.25) is 0 Å². The van der Waals surface area contributed by atoms with E-state index < -0.39 is 12.0 Å². The number of carboxylic acids is 1. The Bertz CT molecular complexity index is 267. The fraction of sp³-hybridized carbons (Fsp3) is 0.636. The topological polar surface area (TPSA) is 66.4 Å². The SMILES string of the molecule is C#C[C@@H](CC(=O)O)NC(=O)C(C)CCC. The Hall–Kier alpha value is -1.50. The molecule has 15 heavy (non-hydrogen) atoms. The smallest absolute Gasteiger partial charge is 0.306 e. The Labute approximate surface area is 90.1 Å². The van der Waals surface area contributed by atoms with Crippen LogP contribution < -0.4 is 5.32 Å². The van der Waals surface area contributed by atoms with Crippen LogP contribution in [0.3, 0.4) is 0 Å². The van der Waals surface area contributed by atoms with Crippen LogP contribution in [0, 0.1) is 18.3 Å². The zero-order valence-electron chi connectivity index (χ0n) is 9.12. The summed E-state index contributed by atoms with van der Waals surface area (Å²) in [5.74, 6) is 0.931. The second-order valence-corrected chi connectivity index (χ2v) is 3.52. The molecule has 0 aliphatic rings. The van der Waals surface area contributed by atoms with Gasteiger partial charge in [-0.2, -0.15) is 0 Å². The van der Waals surface area contributed by atoms with Crippen molar-refractivity contribution >= 4 is 11.9 Å². The Balaban J connectivity index is 4.13. The molecule has 4 heteroatoms.